The number of aromatic nitrogens is 2. The highest BCUT2D eigenvalue weighted by Gasteiger charge is 2.31. The summed E-state index contributed by atoms with van der Waals surface area (Å²) in [5.41, 5.74) is 13.5. The van der Waals surface area contributed by atoms with Gasteiger partial charge in [-0.15, -0.1) is 0 Å². The summed E-state index contributed by atoms with van der Waals surface area (Å²) in [4.78, 5) is 10.0. The summed E-state index contributed by atoms with van der Waals surface area (Å²) < 4.78 is 2.31. The Bertz CT molecular complexity index is 3680. The van der Waals surface area contributed by atoms with Gasteiger partial charge in [-0.3, -0.25) is 4.40 Å². The van der Waals surface area contributed by atoms with Crippen LogP contribution >= 0.6 is 0 Å². The lowest BCUT2D eigenvalue weighted by molar-refractivity contribution is 1.17. The molecule has 0 N–H and O–H groups in total. The molecule has 0 saturated heterocycles. The number of hydrogen-bond donors (Lipinski definition) is 0. The molecule has 0 aliphatic carbocycles. The standard InChI is InChI=1S/C55H34N4/c1-3-15-37(16-4-1)57-51-25-13-14-26-52(51)58(38-17-5-2-6-18-38)54-34-47-41-29-27-35(31-44(41)39-19-7-8-20-40(39)46(47)33-53(54)57)36-28-30-43-45(32-36)42-21-9-11-23-49(42)59-50-24-12-10-22-48(50)56-55(43)59/h1-34H. The molecule has 0 spiro atoms. The van der Waals surface area contributed by atoms with Crippen LogP contribution < -0.4 is 9.80 Å². The minimum atomic E-state index is 0.990. The number of nitrogens with zero attached hydrogens (tertiary/aromatic N) is 4. The molecule has 0 atom stereocenters. The van der Waals surface area contributed by atoms with E-state index in [0.717, 1.165) is 61.7 Å². The largest absolute Gasteiger partial charge is 0.306 e. The zero-order chi connectivity index (χ0) is 38.6. The van der Waals surface area contributed by atoms with Crippen molar-refractivity contribution < 1.29 is 0 Å². The van der Waals surface area contributed by atoms with Gasteiger partial charge < -0.3 is 9.80 Å². The number of rotatable bonds is 3. The second kappa shape index (κ2) is 12.3. The summed E-state index contributed by atoms with van der Waals surface area (Å²) in [6.45, 7) is 0. The number of hydrogen-bond acceptors (Lipinski definition) is 3. The van der Waals surface area contributed by atoms with Crippen molar-refractivity contribution in [1.29, 1.82) is 0 Å². The van der Waals surface area contributed by atoms with Gasteiger partial charge in [0.25, 0.3) is 0 Å². The fourth-order valence-electron chi connectivity index (χ4n) is 9.82. The van der Waals surface area contributed by atoms with E-state index in [1.807, 2.05) is 0 Å². The first-order valence-corrected chi connectivity index (χ1v) is 20.2. The van der Waals surface area contributed by atoms with E-state index in [-0.39, 0.29) is 0 Å². The zero-order valence-electron chi connectivity index (χ0n) is 31.9. The second-order valence-corrected chi connectivity index (χ2v) is 15.6. The van der Waals surface area contributed by atoms with Gasteiger partial charge in [0.05, 0.1) is 39.3 Å². The topological polar surface area (TPSA) is 23.8 Å². The third kappa shape index (κ3) is 4.63. The van der Waals surface area contributed by atoms with E-state index >= 15 is 0 Å². The minimum absolute atomic E-state index is 0.990. The lowest BCUT2D eigenvalue weighted by atomic mass is 9.90. The van der Waals surface area contributed by atoms with E-state index in [0.29, 0.717) is 0 Å². The van der Waals surface area contributed by atoms with Gasteiger partial charge in [-0.2, -0.15) is 0 Å². The lowest BCUT2D eigenvalue weighted by Crippen LogP contribution is -2.24. The number of benzene rings is 10. The SMILES string of the molecule is c1ccc(N2c3ccccc3N(c3ccccc3)c3cc4c5ccc(-c6ccc7c(c6)c6ccccc6n6c8ccccc8nc76)cc5c5ccccc5c4cc32)cc1. The van der Waals surface area contributed by atoms with Crippen LogP contribution in [0, 0.1) is 0 Å². The van der Waals surface area contributed by atoms with Crippen molar-refractivity contribution in [3.63, 3.8) is 0 Å². The molecule has 0 saturated carbocycles. The van der Waals surface area contributed by atoms with Gasteiger partial charge in [-0.25, -0.2) is 4.98 Å². The molecular weight excluding hydrogens is 717 g/mol. The molecule has 0 bridgehead atoms. The molecule has 0 fully saturated rings. The molecule has 13 rings (SSSR count). The minimum Gasteiger partial charge on any atom is -0.306 e. The van der Waals surface area contributed by atoms with Crippen LogP contribution in [0.2, 0.25) is 0 Å². The maximum Gasteiger partial charge on any atom is 0.146 e. The van der Waals surface area contributed by atoms with E-state index in [1.54, 1.807) is 0 Å². The maximum atomic E-state index is 5.15. The Balaban J connectivity index is 1.07. The third-order valence-corrected chi connectivity index (χ3v) is 12.4. The van der Waals surface area contributed by atoms with Gasteiger partial charge in [0.1, 0.15) is 5.65 Å². The number of fused-ring (bicyclic) bond motifs is 16. The Morgan fingerprint density at radius 1 is 0.288 bits per heavy atom. The molecule has 12 aromatic rings. The normalized spacial score (nSPS) is 12.7. The van der Waals surface area contributed by atoms with Gasteiger partial charge in [0.2, 0.25) is 0 Å². The summed E-state index contributed by atoms with van der Waals surface area (Å²) >= 11 is 0. The average molecular weight is 751 g/mol. The summed E-state index contributed by atoms with van der Waals surface area (Å²) in [5.74, 6) is 0. The molecule has 4 heteroatoms. The van der Waals surface area contributed by atoms with Crippen LogP contribution in [0.15, 0.2) is 206 Å². The highest BCUT2D eigenvalue weighted by molar-refractivity contribution is 6.28. The van der Waals surface area contributed by atoms with E-state index in [2.05, 4.69) is 220 Å². The second-order valence-electron chi connectivity index (χ2n) is 15.6. The van der Waals surface area contributed by atoms with E-state index in [9.17, 15) is 0 Å². The third-order valence-electron chi connectivity index (χ3n) is 12.4. The summed E-state index contributed by atoms with van der Waals surface area (Å²) in [7, 11) is 0. The predicted octanol–water partition coefficient (Wildman–Crippen LogP) is 15.2. The monoisotopic (exact) mass is 750 g/mol. The quantitative estimate of drug-likeness (QED) is 0.168. The molecule has 0 amide bonds. The molecule has 10 aromatic carbocycles. The summed E-state index contributed by atoms with van der Waals surface area (Å²) in [5, 5.41) is 11.0. The van der Waals surface area contributed by atoms with E-state index < -0.39 is 0 Å². The molecule has 1 aliphatic rings. The van der Waals surface area contributed by atoms with Crippen molar-refractivity contribution in [3.8, 4) is 11.1 Å². The molecule has 2 aromatic heterocycles. The Morgan fingerprint density at radius 2 is 0.729 bits per heavy atom. The fourth-order valence-corrected chi connectivity index (χ4v) is 9.82. The van der Waals surface area contributed by atoms with E-state index in [4.69, 9.17) is 4.98 Å². The van der Waals surface area contributed by atoms with Gasteiger partial charge >= 0.3 is 0 Å². The molecule has 59 heavy (non-hydrogen) atoms. The highest BCUT2D eigenvalue weighted by Crippen LogP contribution is 2.56. The Kier molecular flexibility index (Phi) is 6.69. The maximum absolute atomic E-state index is 5.15. The van der Waals surface area contributed by atoms with Crippen LogP contribution in [-0.2, 0) is 0 Å². The number of para-hydroxylation sites is 7. The zero-order valence-corrected chi connectivity index (χ0v) is 31.9. The number of pyridine rings is 1. The lowest BCUT2D eigenvalue weighted by Gasteiger charge is -2.40. The molecule has 274 valence electrons. The van der Waals surface area contributed by atoms with Crippen molar-refractivity contribution in [2.75, 3.05) is 9.80 Å². The van der Waals surface area contributed by atoms with Crippen LogP contribution in [0.1, 0.15) is 0 Å². The first-order chi connectivity index (χ1) is 29.3. The molecule has 3 heterocycles. The van der Waals surface area contributed by atoms with Crippen molar-refractivity contribution in [2.24, 2.45) is 0 Å². The Labute approximate surface area is 340 Å². The van der Waals surface area contributed by atoms with Crippen LogP contribution in [0.5, 0.6) is 0 Å². The highest BCUT2D eigenvalue weighted by atomic mass is 15.3. The molecular formula is C55H34N4. The van der Waals surface area contributed by atoms with Gasteiger partial charge in [-0.1, -0.05) is 121 Å². The van der Waals surface area contributed by atoms with Gasteiger partial charge in [-0.05, 0) is 134 Å². The molecule has 0 unspecified atom stereocenters. The average Bonchev–Trinajstić information content (AvgIpc) is 3.71. The van der Waals surface area contributed by atoms with Crippen LogP contribution in [0.4, 0.5) is 34.1 Å². The Hall–Kier alpha value is -7.95. The predicted molar refractivity (Wildman–Crippen MR) is 249 cm³/mol. The van der Waals surface area contributed by atoms with Crippen molar-refractivity contribution in [2.45, 2.75) is 0 Å². The van der Waals surface area contributed by atoms with Crippen molar-refractivity contribution in [3.05, 3.63) is 206 Å². The number of anilines is 6. The molecule has 4 nitrogen and oxygen atoms in total. The fraction of sp³-hybridized carbons (Fsp3) is 0. The van der Waals surface area contributed by atoms with Crippen molar-refractivity contribution in [1.82, 2.24) is 9.38 Å². The van der Waals surface area contributed by atoms with Crippen LogP contribution in [-0.4, -0.2) is 9.38 Å². The van der Waals surface area contributed by atoms with Crippen molar-refractivity contribution >= 4 is 105 Å². The smallest absolute Gasteiger partial charge is 0.146 e. The van der Waals surface area contributed by atoms with Crippen LogP contribution in [0.3, 0.4) is 0 Å². The first kappa shape index (κ1) is 32.2. The van der Waals surface area contributed by atoms with E-state index in [1.165, 1.54) is 54.2 Å². The first-order valence-electron chi connectivity index (χ1n) is 20.2. The van der Waals surface area contributed by atoms with Gasteiger partial charge in [0.15, 0.2) is 0 Å². The van der Waals surface area contributed by atoms with Gasteiger partial charge in [0, 0.05) is 22.1 Å². The number of imidazole rings is 1. The molecule has 0 radical (unpaired) electrons. The Morgan fingerprint density at radius 3 is 1.34 bits per heavy atom. The van der Waals surface area contributed by atoms with Crippen LogP contribution in [0.25, 0.3) is 81.8 Å². The molecule has 1 aliphatic heterocycles. The summed E-state index contributed by atoms with van der Waals surface area (Å²) in [6, 6.07) is 75.2. The summed E-state index contributed by atoms with van der Waals surface area (Å²) in [6.07, 6.45) is 0.